The largest absolute Gasteiger partial charge is 0.387 e. The summed E-state index contributed by atoms with van der Waals surface area (Å²) in [6.07, 6.45) is 0.947. The lowest BCUT2D eigenvalue weighted by molar-refractivity contribution is 0.0977. The van der Waals surface area contributed by atoms with E-state index < -0.39 is 0 Å². The van der Waals surface area contributed by atoms with Gasteiger partial charge in [0.2, 0.25) is 5.96 Å². The van der Waals surface area contributed by atoms with Crippen LogP contribution >= 0.6 is 0 Å². The van der Waals surface area contributed by atoms with E-state index in [0.29, 0.717) is 11.3 Å². The molecule has 1 heterocycles. The third kappa shape index (κ3) is 4.03. The molecule has 3 aromatic rings. The number of hydrogen-bond acceptors (Lipinski definition) is 5. The number of nitrogens with one attached hydrogen (secondary N) is 2. The molecule has 3 rings (SSSR count). The Labute approximate surface area is 157 Å². The van der Waals surface area contributed by atoms with Crippen LogP contribution in [0.5, 0.6) is 0 Å². The third-order valence-corrected chi connectivity index (χ3v) is 4.25. The number of carbonyl (C=O) groups excluding carboxylic acids is 1. The summed E-state index contributed by atoms with van der Waals surface area (Å²) >= 11 is 0. The Morgan fingerprint density at radius 3 is 2.70 bits per heavy atom. The molecule has 0 saturated heterocycles. The van der Waals surface area contributed by atoms with Gasteiger partial charge in [-0.2, -0.15) is 4.99 Å². The molecule has 0 radical (unpaired) electrons. The first-order chi connectivity index (χ1) is 13.0. The standard InChI is InChI=1S/C20H22N6O/c1-4-13-9-10-17-15(11-13)12(2)23-20(24-17)26-19(21)25-18(27)14-7-5-6-8-16(14)22-3/h5-11,22H,4H2,1-3H3,(H3,21,23,24,25,26,27). The minimum absolute atomic E-state index is 0.0603. The van der Waals surface area contributed by atoms with Gasteiger partial charge in [-0.1, -0.05) is 25.1 Å². The average molecular weight is 362 g/mol. The van der Waals surface area contributed by atoms with Crippen LogP contribution in [0.4, 0.5) is 11.6 Å². The van der Waals surface area contributed by atoms with Gasteiger partial charge >= 0.3 is 0 Å². The lowest BCUT2D eigenvalue weighted by atomic mass is 10.1. The Morgan fingerprint density at radius 1 is 1.19 bits per heavy atom. The van der Waals surface area contributed by atoms with Crippen LogP contribution in [0, 0.1) is 6.92 Å². The van der Waals surface area contributed by atoms with Gasteiger partial charge in [0, 0.05) is 18.1 Å². The Kier molecular flexibility index (Phi) is 5.30. The van der Waals surface area contributed by atoms with Crippen molar-refractivity contribution in [3.63, 3.8) is 0 Å². The summed E-state index contributed by atoms with van der Waals surface area (Å²) in [5, 5.41) is 6.53. The molecule has 0 saturated carbocycles. The zero-order valence-corrected chi connectivity index (χ0v) is 15.6. The maximum atomic E-state index is 12.4. The molecule has 0 unspecified atom stereocenters. The molecule has 0 aliphatic carbocycles. The number of hydrogen-bond donors (Lipinski definition) is 3. The molecule has 138 valence electrons. The number of benzene rings is 2. The second kappa shape index (κ2) is 7.82. The van der Waals surface area contributed by atoms with Crippen molar-refractivity contribution in [3.05, 3.63) is 59.3 Å². The molecule has 1 amide bonds. The number of aliphatic imine (C=N–C) groups is 1. The maximum Gasteiger partial charge on any atom is 0.260 e. The van der Waals surface area contributed by atoms with Crippen LogP contribution in [0.15, 0.2) is 47.5 Å². The predicted molar refractivity (Wildman–Crippen MR) is 108 cm³/mol. The van der Waals surface area contributed by atoms with E-state index in [9.17, 15) is 4.79 Å². The van der Waals surface area contributed by atoms with Crippen molar-refractivity contribution < 1.29 is 4.79 Å². The second-order valence-electron chi connectivity index (χ2n) is 6.06. The first-order valence-electron chi connectivity index (χ1n) is 8.71. The number of aryl methyl sites for hydroxylation is 2. The molecule has 2 aromatic carbocycles. The Balaban J connectivity index is 1.86. The molecule has 0 aliphatic rings. The van der Waals surface area contributed by atoms with Gasteiger partial charge in [-0.25, -0.2) is 9.97 Å². The number of amides is 1. The number of anilines is 1. The van der Waals surface area contributed by atoms with Crippen LogP contribution in [-0.2, 0) is 6.42 Å². The molecule has 0 spiro atoms. The number of rotatable bonds is 4. The topological polar surface area (TPSA) is 105 Å². The van der Waals surface area contributed by atoms with Gasteiger partial charge in [0.15, 0.2) is 0 Å². The highest BCUT2D eigenvalue weighted by Crippen LogP contribution is 2.20. The SMILES string of the molecule is CCc1ccc2nc(/N=C(/N)NC(=O)c3ccccc3NC)nc(C)c2c1. The number of aromatic nitrogens is 2. The summed E-state index contributed by atoms with van der Waals surface area (Å²) in [6, 6.07) is 13.2. The van der Waals surface area contributed by atoms with Crippen molar-refractivity contribution in [2.45, 2.75) is 20.3 Å². The van der Waals surface area contributed by atoms with Crippen molar-refractivity contribution in [3.8, 4) is 0 Å². The number of guanidine groups is 1. The van der Waals surface area contributed by atoms with Crippen LogP contribution in [0.3, 0.4) is 0 Å². The summed E-state index contributed by atoms with van der Waals surface area (Å²) in [7, 11) is 1.75. The summed E-state index contributed by atoms with van der Waals surface area (Å²) in [5.74, 6) is -0.204. The van der Waals surface area contributed by atoms with Crippen molar-refractivity contribution in [1.29, 1.82) is 0 Å². The van der Waals surface area contributed by atoms with E-state index in [-0.39, 0.29) is 17.8 Å². The molecule has 1 aromatic heterocycles. The molecule has 0 bridgehead atoms. The molecule has 7 heteroatoms. The summed E-state index contributed by atoms with van der Waals surface area (Å²) < 4.78 is 0. The molecule has 4 N–H and O–H groups in total. The molecule has 0 atom stereocenters. The van der Waals surface area contributed by atoms with Gasteiger partial charge in [-0.05, 0) is 43.2 Å². The monoisotopic (exact) mass is 362 g/mol. The van der Waals surface area contributed by atoms with E-state index in [1.54, 1.807) is 19.2 Å². The van der Waals surface area contributed by atoms with Gasteiger partial charge in [-0.3, -0.25) is 10.1 Å². The van der Waals surface area contributed by atoms with Crippen LogP contribution < -0.4 is 16.4 Å². The highest BCUT2D eigenvalue weighted by Gasteiger charge is 2.12. The normalized spacial score (nSPS) is 11.4. The second-order valence-corrected chi connectivity index (χ2v) is 6.06. The summed E-state index contributed by atoms with van der Waals surface area (Å²) in [6.45, 7) is 4.01. The zero-order valence-electron chi connectivity index (χ0n) is 15.6. The van der Waals surface area contributed by atoms with E-state index in [4.69, 9.17) is 5.73 Å². The fourth-order valence-corrected chi connectivity index (χ4v) is 2.80. The van der Waals surface area contributed by atoms with Gasteiger partial charge in [-0.15, -0.1) is 0 Å². The molecular weight excluding hydrogens is 340 g/mol. The van der Waals surface area contributed by atoms with E-state index in [0.717, 1.165) is 23.0 Å². The molecular formula is C20H22N6O. The molecule has 0 fully saturated rings. The van der Waals surface area contributed by atoms with Crippen molar-refractivity contribution >= 4 is 34.4 Å². The summed E-state index contributed by atoms with van der Waals surface area (Å²) in [5.41, 5.74) is 9.89. The average Bonchev–Trinajstić information content (AvgIpc) is 2.67. The predicted octanol–water partition coefficient (Wildman–Crippen LogP) is 2.92. The lowest BCUT2D eigenvalue weighted by Crippen LogP contribution is -2.36. The van der Waals surface area contributed by atoms with E-state index in [1.165, 1.54) is 5.56 Å². The number of carbonyl (C=O) groups is 1. The van der Waals surface area contributed by atoms with E-state index >= 15 is 0 Å². The molecule has 7 nitrogen and oxygen atoms in total. The fourth-order valence-electron chi connectivity index (χ4n) is 2.80. The fraction of sp³-hybridized carbons (Fsp3) is 0.200. The van der Waals surface area contributed by atoms with Crippen LogP contribution in [0.25, 0.3) is 10.9 Å². The molecule has 27 heavy (non-hydrogen) atoms. The van der Waals surface area contributed by atoms with Crippen LogP contribution in [0.2, 0.25) is 0 Å². The number of para-hydroxylation sites is 1. The molecule has 0 aliphatic heterocycles. The minimum atomic E-state index is -0.355. The first-order valence-corrected chi connectivity index (χ1v) is 8.71. The Hall–Kier alpha value is -3.48. The Bertz CT molecular complexity index is 1030. The summed E-state index contributed by atoms with van der Waals surface area (Å²) in [4.78, 5) is 25.4. The number of nitrogens with zero attached hydrogens (tertiary/aromatic N) is 3. The highest BCUT2D eigenvalue weighted by atomic mass is 16.1. The van der Waals surface area contributed by atoms with E-state index in [2.05, 4.69) is 38.6 Å². The zero-order chi connectivity index (χ0) is 19.4. The van der Waals surface area contributed by atoms with Gasteiger partial charge < -0.3 is 11.1 Å². The van der Waals surface area contributed by atoms with Crippen molar-refractivity contribution in [2.24, 2.45) is 10.7 Å². The van der Waals surface area contributed by atoms with Gasteiger partial charge in [0.1, 0.15) is 0 Å². The smallest absolute Gasteiger partial charge is 0.260 e. The van der Waals surface area contributed by atoms with Gasteiger partial charge in [0.05, 0.1) is 16.8 Å². The first kappa shape index (κ1) is 18.3. The van der Waals surface area contributed by atoms with E-state index in [1.807, 2.05) is 31.2 Å². The minimum Gasteiger partial charge on any atom is -0.387 e. The lowest BCUT2D eigenvalue weighted by Gasteiger charge is -2.09. The third-order valence-electron chi connectivity index (χ3n) is 4.25. The van der Waals surface area contributed by atoms with Crippen molar-refractivity contribution in [1.82, 2.24) is 15.3 Å². The highest BCUT2D eigenvalue weighted by molar-refractivity contribution is 6.08. The maximum absolute atomic E-state index is 12.4. The quantitative estimate of drug-likeness (QED) is 0.489. The number of nitrogens with two attached hydrogens (primary N) is 1. The van der Waals surface area contributed by atoms with Crippen LogP contribution in [0.1, 0.15) is 28.5 Å². The van der Waals surface area contributed by atoms with Gasteiger partial charge in [0.25, 0.3) is 11.9 Å². The Morgan fingerprint density at radius 2 is 1.96 bits per heavy atom. The van der Waals surface area contributed by atoms with Crippen LogP contribution in [-0.4, -0.2) is 28.9 Å². The number of fused-ring (bicyclic) bond motifs is 1. The van der Waals surface area contributed by atoms with Crippen molar-refractivity contribution in [2.75, 3.05) is 12.4 Å².